The summed E-state index contributed by atoms with van der Waals surface area (Å²) in [5.74, 6) is -2.06. The molecule has 74 valence electrons. The highest BCUT2D eigenvalue weighted by molar-refractivity contribution is 5.90. The van der Waals surface area contributed by atoms with Gasteiger partial charge in [-0.3, -0.25) is 4.89 Å². The summed E-state index contributed by atoms with van der Waals surface area (Å²) >= 11 is 0. The van der Waals surface area contributed by atoms with Crippen molar-refractivity contribution >= 4 is 11.9 Å². The molecule has 0 aromatic carbocycles. The van der Waals surface area contributed by atoms with E-state index >= 15 is 0 Å². The Morgan fingerprint density at radius 1 is 1.23 bits per heavy atom. The van der Waals surface area contributed by atoms with Gasteiger partial charge in [-0.05, 0) is 20.8 Å². The van der Waals surface area contributed by atoms with E-state index in [9.17, 15) is 9.59 Å². The predicted molar refractivity (Wildman–Crippen MR) is 43.7 cm³/mol. The molecule has 0 rings (SSSR count). The van der Waals surface area contributed by atoms with Crippen LogP contribution in [-0.2, 0) is 19.4 Å². The average Bonchev–Trinajstić information content (AvgIpc) is 1.95. The van der Waals surface area contributed by atoms with E-state index in [1.807, 2.05) is 0 Å². The summed E-state index contributed by atoms with van der Waals surface area (Å²) in [6.45, 7) is 5.09. The molecule has 0 radical (unpaired) electrons. The number of rotatable bonds is 3. The van der Waals surface area contributed by atoms with Crippen LogP contribution in [0.25, 0.3) is 0 Å². The zero-order valence-electron chi connectivity index (χ0n) is 7.73. The molecule has 0 atom stereocenters. The maximum absolute atomic E-state index is 10.7. The van der Waals surface area contributed by atoms with Gasteiger partial charge >= 0.3 is 11.9 Å². The third-order valence-electron chi connectivity index (χ3n) is 0.736. The highest BCUT2D eigenvalue weighted by Crippen LogP contribution is 2.06. The fourth-order valence-corrected chi connectivity index (χ4v) is 0.333. The van der Waals surface area contributed by atoms with Crippen LogP contribution in [0.1, 0.15) is 20.8 Å². The summed E-state index contributed by atoms with van der Waals surface area (Å²) in [4.78, 5) is 29.6. The van der Waals surface area contributed by atoms with Crippen molar-refractivity contribution in [1.82, 2.24) is 0 Å². The summed E-state index contributed by atoms with van der Waals surface area (Å²) in [7, 11) is 0. The van der Waals surface area contributed by atoms with E-state index in [0.717, 1.165) is 6.08 Å². The first-order chi connectivity index (χ1) is 5.81. The Labute approximate surface area is 75.9 Å². The Hall–Kier alpha value is -1.36. The van der Waals surface area contributed by atoms with Crippen LogP contribution < -0.4 is 0 Å². The van der Waals surface area contributed by atoms with Crippen LogP contribution in [0.2, 0.25) is 0 Å². The molecule has 0 amide bonds. The van der Waals surface area contributed by atoms with Crippen molar-refractivity contribution in [1.29, 1.82) is 0 Å². The van der Waals surface area contributed by atoms with E-state index in [1.54, 1.807) is 20.8 Å². The van der Waals surface area contributed by atoms with Crippen molar-refractivity contribution in [3.63, 3.8) is 0 Å². The van der Waals surface area contributed by atoms with Crippen LogP contribution in [0.5, 0.6) is 0 Å². The van der Waals surface area contributed by atoms with Gasteiger partial charge < -0.3 is 5.11 Å². The first-order valence-electron chi connectivity index (χ1n) is 3.62. The van der Waals surface area contributed by atoms with Crippen molar-refractivity contribution in [2.24, 2.45) is 0 Å². The number of carboxylic acids is 1. The lowest BCUT2D eigenvalue weighted by molar-refractivity contribution is -0.316. The molecule has 0 aliphatic rings. The first-order valence-corrected chi connectivity index (χ1v) is 3.62. The molecule has 1 N–H and O–H groups in total. The van der Waals surface area contributed by atoms with Gasteiger partial charge in [0, 0.05) is 12.2 Å². The standard InChI is InChI=1S/C8H12O5/c1-8(2,3)13-12-7(11)5-4-6(9)10/h4-5H,1-3H3,(H,9,10)/b5-4-. The van der Waals surface area contributed by atoms with Crippen LogP contribution in [0, 0.1) is 0 Å². The van der Waals surface area contributed by atoms with Crippen LogP contribution in [0.3, 0.4) is 0 Å². The van der Waals surface area contributed by atoms with Crippen molar-refractivity contribution in [2.45, 2.75) is 26.4 Å². The van der Waals surface area contributed by atoms with Gasteiger partial charge in [-0.15, -0.1) is 0 Å². The Bertz CT molecular complexity index is 223. The van der Waals surface area contributed by atoms with Gasteiger partial charge in [-0.25, -0.2) is 9.59 Å². The first kappa shape index (κ1) is 11.6. The number of hydrogen-bond donors (Lipinski definition) is 1. The lowest BCUT2D eigenvalue weighted by Crippen LogP contribution is -2.21. The molecule has 0 saturated carbocycles. The quantitative estimate of drug-likeness (QED) is 0.404. The smallest absolute Gasteiger partial charge is 0.366 e. The van der Waals surface area contributed by atoms with Crippen LogP contribution in [0.15, 0.2) is 12.2 Å². The number of aliphatic carboxylic acids is 1. The Kier molecular flexibility index (Phi) is 4.13. The molecule has 0 fully saturated rings. The predicted octanol–water partition coefficient (Wildman–Crippen LogP) is 0.900. The summed E-state index contributed by atoms with van der Waals surface area (Å²) in [5, 5.41) is 8.16. The van der Waals surface area contributed by atoms with E-state index in [0.29, 0.717) is 6.08 Å². The molecule has 0 aromatic rings. The highest BCUT2D eigenvalue weighted by atomic mass is 17.2. The molecular formula is C8H12O5. The van der Waals surface area contributed by atoms with Gasteiger partial charge in [0.2, 0.25) is 0 Å². The zero-order chi connectivity index (χ0) is 10.5. The van der Waals surface area contributed by atoms with E-state index in [4.69, 9.17) is 5.11 Å². The SMILES string of the molecule is CC(C)(C)OOC(=O)/C=C\C(=O)O. The second kappa shape index (κ2) is 4.61. The zero-order valence-corrected chi connectivity index (χ0v) is 7.73. The topological polar surface area (TPSA) is 72.8 Å². The summed E-state index contributed by atoms with van der Waals surface area (Å²) in [6, 6.07) is 0. The minimum atomic E-state index is -1.22. The molecule has 0 bridgehead atoms. The van der Waals surface area contributed by atoms with Crippen LogP contribution in [-0.4, -0.2) is 22.6 Å². The molecule has 0 saturated heterocycles. The van der Waals surface area contributed by atoms with E-state index in [1.165, 1.54) is 0 Å². The normalized spacial score (nSPS) is 11.6. The van der Waals surface area contributed by atoms with Crippen molar-refractivity contribution in [3.8, 4) is 0 Å². The van der Waals surface area contributed by atoms with Gasteiger partial charge in [0.15, 0.2) is 0 Å². The molecule has 0 heterocycles. The van der Waals surface area contributed by atoms with Gasteiger partial charge in [-0.2, -0.15) is 4.89 Å². The Balaban J connectivity index is 3.83. The van der Waals surface area contributed by atoms with Crippen molar-refractivity contribution < 1.29 is 24.5 Å². The summed E-state index contributed by atoms with van der Waals surface area (Å²) in [6.07, 6.45) is 1.45. The molecule has 5 heteroatoms. The highest BCUT2D eigenvalue weighted by Gasteiger charge is 2.13. The van der Waals surface area contributed by atoms with Gasteiger partial charge in [0.1, 0.15) is 5.60 Å². The summed E-state index contributed by atoms with van der Waals surface area (Å²) < 4.78 is 0. The fourth-order valence-electron chi connectivity index (χ4n) is 0.333. The molecule has 0 unspecified atom stereocenters. The van der Waals surface area contributed by atoms with E-state index < -0.39 is 17.5 Å². The lowest BCUT2D eigenvalue weighted by atomic mass is 10.2. The second-order valence-electron chi connectivity index (χ2n) is 3.27. The van der Waals surface area contributed by atoms with Crippen LogP contribution in [0.4, 0.5) is 0 Å². The van der Waals surface area contributed by atoms with Crippen LogP contribution >= 0.6 is 0 Å². The number of hydrogen-bond acceptors (Lipinski definition) is 4. The average molecular weight is 188 g/mol. The van der Waals surface area contributed by atoms with Gasteiger partial charge in [0.25, 0.3) is 0 Å². The van der Waals surface area contributed by atoms with E-state index in [2.05, 4.69) is 9.78 Å². The maximum atomic E-state index is 10.7. The molecular weight excluding hydrogens is 176 g/mol. The molecule has 0 aliphatic heterocycles. The van der Waals surface area contributed by atoms with Gasteiger partial charge in [0.05, 0.1) is 0 Å². The molecule has 0 aliphatic carbocycles. The third kappa shape index (κ3) is 8.55. The second-order valence-corrected chi connectivity index (χ2v) is 3.27. The van der Waals surface area contributed by atoms with Gasteiger partial charge in [-0.1, -0.05) is 0 Å². The minimum absolute atomic E-state index is 0.604. The minimum Gasteiger partial charge on any atom is -0.478 e. The molecule has 0 spiro atoms. The van der Waals surface area contributed by atoms with E-state index in [-0.39, 0.29) is 0 Å². The molecule has 5 nitrogen and oxygen atoms in total. The Morgan fingerprint density at radius 3 is 2.15 bits per heavy atom. The third-order valence-corrected chi connectivity index (χ3v) is 0.736. The fraction of sp³-hybridized carbons (Fsp3) is 0.500. The summed E-state index contributed by atoms with van der Waals surface area (Å²) in [5.41, 5.74) is -0.604. The maximum Gasteiger partial charge on any atom is 0.366 e. The number of carbonyl (C=O) groups excluding carboxylic acids is 1. The van der Waals surface area contributed by atoms with Crippen molar-refractivity contribution in [2.75, 3.05) is 0 Å². The monoisotopic (exact) mass is 188 g/mol. The number of carboxylic acid groups (broad SMARTS) is 1. The number of carbonyl (C=O) groups is 2. The molecule has 0 aromatic heterocycles. The van der Waals surface area contributed by atoms with Crippen molar-refractivity contribution in [3.05, 3.63) is 12.2 Å². The lowest BCUT2D eigenvalue weighted by Gasteiger charge is -2.15. The molecule has 13 heavy (non-hydrogen) atoms. The Morgan fingerprint density at radius 2 is 1.77 bits per heavy atom. The largest absolute Gasteiger partial charge is 0.478 e.